The van der Waals surface area contributed by atoms with Gasteiger partial charge in [-0.25, -0.2) is 13.1 Å². The number of hydrogen-bond donors (Lipinski definition) is 2. The molecule has 5 nitrogen and oxygen atoms in total. The third kappa shape index (κ3) is 2.54. The smallest absolute Gasteiger partial charge is 0.314 e. The monoisotopic (exact) mass is 281 g/mol. The summed E-state index contributed by atoms with van der Waals surface area (Å²) in [6.45, 7) is 3.60. The fourth-order valence-electron chi connectivity index (χ4n) is 1.96. The van der Waals surface area contributed by atoms with Gasteiger partial charge in [0, 0.05) is 6.54 Å². The molecule has 102 valence electrons. The fraction of sp³-hybridized carbons (Fsp3) is 0.308. The maximum Gasteiger partial charge on any atom is 0.314 e. The van der Waals surface area contributed by atoms with Gasteiger partial charge in [-0.15, -0.1) is 6.58 Å². The second kappa shape index (κ2) is 4.79. The van der Waals surface area contributed by atoms with Crippen LogP contribution >= 0.6 is 0 Å². The highest BCUT2D eigenvalue weighted by molar-refractivity contribution is 7.89. The van der Waals surface area contributed by atoms with Gasteiger partial charge in [0.2, 0.25) is 10.0 Å². The zero-order valence-corrected chi connectivity index (χ0v) is 11.1. The molecule has 6 heteroatoms. The number of carbonyl (C=O) groups is 1. The average Bonchev–Trinajstić information content (AvgIpc) is 3.18. The number of hydrogen-bond acceptors (Lipinski definition) is 3. The summed E-state index contributed by atoms with van der Waals surface area (Å²) in [5.74, 6) is -0.854. The van der Waals surface area contributed by atoms with Crippen LogP contribution in [0.3, 0.4) is 0 Å². The van der Waals surface area contributed by atoms with Gasteiger partial charge in [0.15, 0.2) is 0 Å². The van der Waals surface area contributed by atoms with Gasteiger partial charge >= 0.3 is 5.97 Å². The largest absolute Gasteiger partial charge is 0.481 e. The van der Waals surface area contributed by atoms with Crippen molar-refractivity contribution >= 4 is 16.0 Å². The maximum atomic E-state index is 11.8. The Kier molecular flexibility index (Phi) is 3.47. The summed E-state index contributed by atoms with van der Waals surface area (Å²) in [5.41, 5.74) is -0.153. The Balaban J connectivity index is 2.24. The van der Waals surface area contributed by atoms with Crippen LogP contribution in [0.5, 0.6) is 0 Å². The minimum atomic E-state index is -3.55. The molecule has 0 heterocycles. The number of sulfonamides is 1. The molecule has 1 aromatic rings. The molecule has 0 amide bonds. The van der Waals surface area contributed by atoms with Crippen LogP contribution in [0.1, 0.15) is 18.4 Å². The minimum Gasteiger partial charge on any atom is -0.481 e. The van der Waals surface area contributed by atoms with Gasteiger partial charge in [0.1, 0.15) is 0 Å². The predicted octanol–water partition coefficient (Wildman–Crippen LogP) is 1.27. The molecule has 2 rings (SSSR count). The van der Waals surface area contributed by atoms with Crippen molar-refractivity contribution in [2.45, 2.75) is 23.2 Å². The number of aliphatic carboxylic acids is 1. The summed E-state index contributed by atoms with van der Waals surface area (Å²) >= 11 is 0. The summed E-state index contributed by atoms with van der Waals surface area (Å²) in [4.78, 5) is 11.3. The Hall–Kier alpha value is -1.66. The van der Waals surface area contributed by atoms with E-state index in [1.165, 1.54) is 18.2 Å². The van der Waals surface area contributed by atoms with E-state index >= 15 is 0 Å². The Morgan fingerprint density at radius 3 is 2.37 bits per heavy atom. The Morgan fingerprint density at radius 2 is 1.95 bits per heavy atom. The van der Waals surface area contributed by atoms with Gasteiger partial charge in [0.25, 0.3) is 0 Å². The molecule has 1 aliphatic rings. The van der Waals surface area contributed by atoms with Crippen LogP contribution < -0.4 is 4.72 Å². The van der Waals surface area contributed by atoms with Crippen molar-refractivity contribution in [3.8, 4) is 0 Å². The quantitative estimate of drug-likeness (QED) is 0.769. The number of benzene rings is 1. The zero-order chi connectivity index (χ0) is 14.1. The van der Waals surface area contributed by atoms with E-state index in [9.17, 15) is 13.2 Å². The lowest BCUT2D eigenvalue weighted by molar-refractivity contribution is -0.140. The van der Waals surface area contributed by atoms with Crippen molar-refractivity contribution in [1.82, 2.24) is 4.72 Å². The molecule has 0 atom stereocenters. The molecule has 0 radical (unpaired) electrons. The third-order valence-corrected chi connectivity index (χ3v) is 4.73. The lowest BCUT2D eigenvalue weighted by Crippen LogP contribution is -2.24. The molecule has 1 saturated carbocycles. The van der Waals surface area contributed by atoms with Crippen molar-refractivity contribution < 1.29 is 18.3 Å². The van der Waals surface area contributed by atoms with E-state index in [-0.39, 0.29) is 11.4 Å². The molecule has 19 heavy (non-hydrogen) atoms. The average molecular weight is 281 g/mol. The first-order valence-corrected chi connectivity index (χ1v) is 7.35. The number of rotatable bonds is 6. The van der Waals surface area contributed by atoms with Gasteiger partial charge in [0.05, 0.1) is 10.3 Å². The van der Waals surface area contributed by atoms with Crippen molar-refractivity contribution in [2.75, 3.05) is 6.54 Å². The summed E-state index contributed by atoms with van der Waals surface area (Å²) < 4.78 is 26.0. The molecule has 1 aliphatic carbocycles. The lowest BCUT2D eigenvalue weighted by Gasteiger charge is -2.11. The van der Waals surface area contributed by atoms with Crippen molar-refractivity contribution in [1.29, 1.82) is 0 Å². The van der Waals surface area contributed by atoms with Crippen LogP contribution in [-0.2, 0) is 20.2 Å². The van der Waals surface area contributed by atoms with Crippen LogP contribution in [0.2, 0.25) is 0 Å². The standard InChI is InChI=1S/C13H15NO4S/c1-2-9-14-19(17,18)11-5-3-10(4-6-11)13(7-8-13)12(15)16/h2-6,14H,1,7-9H2,(H,15,16). The van der Waals surface area contributed by atoms with Crippen LogP contribution in [0, 0.1) is 0 Å². The summed E-state index contributed by atoms with van der Waals surface area (Å²) in [7, 11) is -3.55. The first-order chi connectivity index (χ1) is 8.92. The lowest BCUT2D eigenvalue weighted by atomic mass is 9.96. The van der Waals surface area contributed by atoms with E-state index < -0.39 is 21.4 Å². The Labute approximate surface area is 112 Å². The molecular formula is C13H15NO4S. The highest BCUT2D eigenvalue weighted by atomic mass is 32.2. The molecule has 1 fully saturated rings. The number of nitrogens with one attached hydrogen (secondary N) is 1. The van der Waals surface area contributed by atoms with E-state index in [0.29, 0.717) is 18.4 Å². The van der Waals surface area contributed by atoms with Crippen LogP contribution in [-0.4, -0.2) is 26.0 Å². The van der Waals surface area contributed by atoms with Crippen LogP contribution in [0.25, 0.3) is 0 Å². The molecule has 0 saturated heterocycles. The van der Waals surface area contributed by atoms with Crippen molar-refractivity contribution in [3.63, 3.8) is 0 Å². The molecule has 0 unspecified atom stereocenters. The van der Waals surface area contributed by atoms with E-state index in [4.69, 9.17) is 5.11 Å². The topological polar surface area (TPSA) is 83.5 Å². The van der Waals surface area contributed by atoms with E-state index in [1.807, 2.05) is 0 Å². The van der Waals surface area contributed by atoms with Gasteiger partial charge in [-0.05, 0) is 30.5 Å². The summed E-state index contributed by atoms with van der Waals surface area (Å²) in [6, 6.07) is 6.01. The first kappa shape index (κ1) is 13.8. The van der Waals surface area contributed by atoms with Gasteiger partial charge in [-0.1, -0.05) is 18.2 Å². The molecule has 2 N–H and O–H groups in total. The van der Waals surface area contributed by atoms with Crippen molar-refractivity contribution in [2.24, 2.45) is 0 Å². The Morgan fingerprint density at radius 1 is 1.37 bits per heavy atom. The number of carboxylic acid groups (broad SMARTS) is 1. The second-order valence-electron chi connectivity index (χ2n) is 4.55. The molecule has 0 aliphatic heterocycles. The minimum absolute atomic E-state index is 0.124. The molecular weight excluding hydrogens is 266 g/mol. The third-order valence-electron chi connectivity index (χ3n) is 3.29. The van der Waals surface area contributed by atoms with E-state index in [1.54, 1.807) is 12.1 Å². The van der Waals surface area contributed by atoms with Crippen LogP contribution in [0.15, 0.2) is 41.8 Å². The summed E-state index contributed by atoms with van der Waals surface area (Å²) in [5, 5.41) is 9.16. The molecule has 0 aromatic heterocycles. The maximum absolute atomic E-state index is 11.8. The second-order valence-corrected chi connectivity index (χ2v) is 6.32. The highest BCUT2D eigenvalue weighted by Crippen LogP contribution is 2.48. The first-order valence-electron chi connectivity index (χ1n) is 5.87. The zero-order valence-electron chi connectivity index (χ0n) is 10.3. The van der Waals surface area contributed by atoms with E-state index in [2.05, 4.69) is 11.3 Å². The normalized spacial score (nSPS) is 16.8. The molecule has 0 bridgehead atoms. The van der Waals surface area contributed by atoms with Crippen molar-refractivity contribution in [3.05, 3.63) is 42.5 Å². The number of carboxylic acids is 1. The Bertz CT molecular complexity index is 600. The van der Waals surface area contributed by atoms with Gasteiger partial charge in [-0.2, -0.15) is 0 Å². The predicted molar refractivity (Wildman–Crippen MR) is 70.4 cm³/mol. The molecule has 0 spiro atoms. The fourth-order valence-corrected chi connectivity index (χ4v) is 2.95. The van der Waals surface area contributed by atoms with Gasteiger partial charge < -0.3 is 5.11 Å². The van der Waals surface area contributed by atoms with Crippen LogP contribution in [0.4, 0.5) is 0 Å². The SMILES string of the molecule is C=CCNS(=O)(=O)c1ccc(C2(C(=O)O)CC2)cc1. The van der Waals surface area contributed by atoms with E-state index in [0.717, 1.165) is 0 Å². The summed E-state index contributed by atoms with van der Waals surface area (Å²) in [6.07, 6.45) is 2.65. The molecule has 1 aromatic carbocycles. The highest BCUT2D eigenvalue weighted by Gasteiger charge is 2.51. The van der Waals surface area contributed by atoms with Gasteiger partial charge in [-0.3, -0.25) is 4.79 Å².